The Morgan fingerprint density at radius 1 is 0.939 bits per heavy atom. The lowest BCUT2D eigenvalue weighted by molar-refractivity contribution is -0.213. The summed E-state index contributed by atoms with van der Waals surface area (Å²) in [6, 6.07) is 0. The second-order valence-corrected chi connectivity index (χ2v) is 14.3. The fourth-order valence-electron chi connectivity index (χ4n) is 10.7. The van der Waals surface area contributed by atoms with E-state index in [0.29, 0.717) is 29.6 Å². The molecule has 4 saturated carbocycles. The maximum atomic E-state index is 11.7. The number of ether oxygens (including phenoxy) is 1. The number of rotatable bonds is 2. The van der Waals surface area contributed by atoms with Crippen LogP contribution in [0.2, 0.25) is 0 Å². The predicted octanol–water partition coefficient (Wildman–Crippen LogP) is 6.93. The molecule has 1 N–H and O–H groups in total. The molecule has 0 spiro atoms. The monoisotopic (exact) mass is 456 g/mol. The van der Waals surface area contributed by atoms with E-state index < -0.39 is 0 Å². The Kier molecular flexibility index (Phi) is 5.31. The zero-order valence-corrected chi connectivity index (χ0v) is 22.2. The molecule has 0 aromatic carbocycles. The number of fused-ring (bicyclic) bond motifs is 7. The van der Waals surface area contributed by atoms with E-state index in [9.17, 15) is 9.90 Å². The van der Waals surface area contributed by atoms with Gasteiger partial charge in [0.1, 0.15) is 5.60 Å². The molecule has 3 unspecified atom stereocenters. The Balaban J connectivity index is 1.60. The Labute approximate surface area is 202 Å². The number of allylic oxidation sites excluding steroid dienone is 1. The van der Waals surface area contributed by atoms with E-state index in [0.717, 1.165) is 51.4 Å². The van der Waals surface area contributed by atoms with Gasteiger partial charge in [-0.2, -0.15) is 0 Å². The fraction of sp³-hybridized carbons (Fsp3) is 0.900. The summed E-state index contributed by atoms with van der Waals surface area (Å²) in [6.45, 7) is 18.0. The van der Waals surface area contributed by atoms with Crippen molar-refractivity contribution >= 4 is 6.47 Å². The molecular weight excluding hydrogens is 408 g/mol. The molecule has 0 heterocycles. The molecule has 0 saturated heterocycles. The van der Waals surface area contributed by atoms with Crippen molar-refractivity contribution in [3.8, 4) is 0 Å². The normalized spacial score (nSPS) is 55.2. The minimum atomic E-state index is -0.291. The van der Waals surface area contributed by atoms with Gasteiger partial charge in [0.05, 0.1) is 6.10 Å². The van der Waals surface area contributed by atoms with Gasteiger partial charge in [-0.05, 0) is 103 Å². The van der Waals surface area contributed by atoms with Gasteiger partial charge in [0.15, 0.2) is 0 Å². The number of carbonyl (C=O) groups is 1. The molecule has 3 nitrogen and oxygen atoms in total. The first-order valence-electron chi connectivity index (χ1n) is 13.9. The molecular formula is C30H48O3. The smallest absolute Gasteiger partial charge is 0.293 e. The van der Waals surface area contributed by atoms with Crippen molar-refractivity contribution in [1.82, 2.24) is 0 Å². The summed E-state index contributed by atoms with van der Waals surface area (Å²) in [5.74, 6) is 2.81. The molecule has 0 bridgehead atoms. The van der Waals surface area contributed by atoms with Crippen molar-refractivity contribution < 1.29 is 14.6 Å². The molecule has 4 fully saturated rings. The minimum Gasteiger partial charge on any atom is -0.461 e. The quantitative estimate of drug-likeness (QED) is 0.362. The average Bonchev–Trinajstić information content (AvgIpc) is 2.75. The lowest BCUT2D eigenvalue weighted by Crippen LogP contribution is -2.66. The van der Waals surface area contributed by atoms with Crippen LogP contribution in [-0.4, -0.2) is 23.3 Å². The Morgan fingerprint density at radius 3 is 2.36 bits per heavy atom. The van der Waals surface area contributed by atoms with Crippen LogP contribution in [0.1, 0.15) is 106 Å². The molecule has 0 radical (unpaired) electrons. The third-order valence-electron chi connectivity index (χ3n) is 13.2. The van der Waals surface area contributed by atoms with Gasteiger partial charge >= 0.3 is 0 Å². The topological polar surface area (TPSA) is 46.5 Å². The molecule has 3 heteroatoms. The summed E-state index contributed by atoms with van der Waals surface area (Å²) in [6.07, 6.45) is 12.5. The first-order chi connectivity index (χ1) is 15.4. The van der Waals surface area contributed by atoms with Crippen LogP contribution in [0.5, 0.6) is 0 Å². The predicted molar refractivity (Wildman–Crippen MR) is 132 cm³/mol. The number of hydrogen-bond donors (Lipinski definition) is 1. The van der Waals surface area contributed by atoms with Crippen molar-refractivity contribution in [3.05, 3.63) is 11.6 Å². The molecule has 5 aliphatic carbocycles. The number of aliphatic hydroxyl groups excluding tert-OH is 1. The molecule has 33 heavy (non-hydrogen) atoms. The molecule has 0 amide bonds. The van der Waals surface area contributed by atoms with Crippen LogP contribution in [0, 0.1) is 51.2 Å². The highest BCUT2D eigenvalue weighted by Crippen LogP contribution is 2.75. The number of carbonyl (C=O) groups excluding carboxylic acids is 1. The Hall–Kier alpha value is -0.830. The Bertz CT molecular complexity index is 845. The molecule has 0 aliphatic heterocycles. The van der Waals surface area contributed by atoms with Crippen LogP contribution in [0.25, 0.3) is 0 Å². The van der Waals surface area contributed by atoms with Gasteiger partial charge in [-0.1, -0.05) is 60.1 Å². The number of hydrogen-bond acceptors (Lipinski definition) is 3. The van der Waals surface area contributed by atoms with Crippen LogP contribution in [-0.2, 0) is 9.53 Å². The SMILES string of the molecule is C[C@@H]1CC[C@]2(OC=O)CC[C@]3(C)C(=CCC4[C@@]5(C)CC[C@H](O)C(C)(C)C5CC[C@]43C)C2[C@H]1C. The van der Waals surface area contributed by atoms with Gasteiger partial charge in [-0.25, -0.2) is 0 Å². The van der Waals surface area contributed by atoms with E-state index in [1.54, 1.807) is 5.57 Å². The summed E-state index contributed by atoms with van der Waals surface area (Å²) in [5.41, 5.74) is 2.03. The summed E-state index contributed by atoms with van der Waals surface area (Å²) >= 11 is 0. The molecule has 0 aromatic heterocycles. The van der Waals surface area contributed by atoms with Crippen LogP contribution < -0.4 is 0 Å². The standard InChI is InChI=1S/C30H48O3/c1-19-10-15-30(33-18-31)17-16-28(6)21(25(30)20(19)2)8-9-23-27(5)13-12-24(32)26(3,4)22(27)11-14-29(23,28)7/h8,18-20,22-25,32H,9-17H2,1-7H3/t19-,20+,22?,23?,24+,25?,27+,28-,29-,30+/m1/s1. The van der Waals surface area contributed by atoms with E-state index in [4.69, 9.17) is 4.74 Å². The molecule has 0 aromatic rings. The highest BCUT2D eigenvalue weighted by molar-refractivity contribution is 5.42. The summed E-state index contributed by atoms with van der Waals surface area (Å²) < 4.78 is 6.05. The highest BCUT2D eigenvalue weighted by Gasteiger charge is 2.69. The lowest BCUT2D eigenvalue weighted by Gasteiger charge is -2.71. The summed E-state index contributed by atoms with van der Waals surface area (Å²) in [7, 11) is 0. The van der Waals surface area contributed by atoms with Crippen LogP contribution >= 0.6 is 0 Å². The summed E-state index contributed by atoms with van der Waals surface area (Å²) in [5, 5.41) is 10.9. The van der Waals surface area contributed by atoms with Crippen molar-refractivity contribution in [2.45, 2.75) is 118 Å². The lowest BCUT2D eigenvalue weighted by atomic mass is 9.34. The maximum Gasteiger partial charge on any atom is 0.293 e. The zero-order chi connectivity index (χ0) is 24.0. The van der Waals surface area contributed by atoms with Gasteiger partial charge in [0.2, 0.25) is 0 Å². The largest absolute Gasteiger partial charge is 0.461 e. The van der Waals surface area contributed by atoms with Crippen LogP contribution in [0.4, 0.5) is 0 Å². The number of aliphatic hydroxyl groups is 1. The molecule has 10 atom stereocenters. The second-order valence-electron chi connectivity index (χ2n) is 14.3. The van der Waals surface area contributed by atoms with E-state index in [1.165, 1.54) is 12.8 Å². The van der Waals surface area contributed by atoms with Gasteiger partial charge < -0.3 is 9.84 Å². The third-order valence-corrected chi connectivity index (χ3v) is 13.2. The first kappa shape index (κ1) is 23.9. The molecule has 186 valence electrons. The van der Waals surface area contributed by atoms with Crippen LogP contribution in [0.15, 0.2) is 11.6 Å². The second kappa shape index (κ2) is 7.34. The highest BCUT2D eigenvalue weighted by atomic mass is 16.5. The zero-order valence-electron chi connectivity index (χ0n) is 22.2. The maximum absolute atomic E-state index is 11.7. The average molecular weight is 457 g/mol. The van der Waals surface area contributed by atoms with E-state index >= 15 is 0 Å². The first-order valence-corrected chi connectivity index (χ1v) is 13.9. The van der Waals surface area contributed by atoms with E-state index in [1.807, 2.05) is 0 Å². The van der Waals surface area contributed by atoms with Gasteiger partial charge in [-0.15, -0.1) is 0 Å². The van der Waals surface area contributed by atoms with Crippen molar-refractivity contribution in [2.75, 3.05) is 0 Å². The fourth-order valence-corrected chi connectivity index (χ4v) is 10.7. The van der Waals surface area contributed by atoms with Gasteiger partial charge in [0.25, 0.3) is 6.47 Å². The van der Waals surface area contributed by atoms with Crippen molar-refractivity contribution in [1.29, 1.82) is 0 Å². The van der Waals surface area contributed by atoms with Crippen molar-refractivity contribution in [3.63, 3.8) is 0 Å². The molecule has 5 rings (SSSR count). The van der Waals surface area contributed by atoms with Gasteiger partial charge in [-0.3, -0.25) is 4.79 Å². The van der Waals surface area contributed by atoms with E-state index in [-0.39, 0.29) is 33.4 Å². The van der Waals surface area contributed by atoms with E-state index in [2.05, 4.69) is 54.5 Å². The Morgan fingerprint density at radius 2 is 1.67 bits per heavy atom. The van der Waals surface area contributed by atoms with Crippen LogP contribution in [0.3, 0.4) is 0 Å². The summed E-state index contributed by atoms with van der Waals surface area (Å²) in [4.78, 5) is 11.7. The third kappa shape index (κ3) is 2.87. The van der Waals surface area contributed by atoms with Gasteiger partial charge in [0, 0.05) is 5.92 Å². The molecule has 5 aliphatic rings. The minimum absolute atomic E-state index is 0.00788. The van der Waals surface area contributed by atoms with Crippen molar-refractivity contribution in [2.24, 2.45) is 51.2 Å².